The van der Waals surface area contributed by atoms with Crippen molar-refractivity contribution < 1.29 is 5.21 Å². The highest BCUT2D eigenvalue weighted by Gasteiger charge is 2.03. The van der Waals surface area contributed by atoms with E-state index in [1.165, 1.54) is 10.4 Å². The van der Waals surface area contributed by atoms with E-state index in [0.717, 1.165) is 31.7 Å². The molecule has 3 rings (SSSR count). The van der Waals surface area contributed by atoms with Gasteiger partial charge in [0.05, 0.1) is 5.52 Å². The molecule has 1 aliphatic rings. The van der Waals surface area contributed by atoms with E-state index in [1.807, 2.05) is 30.5 Å². The zero-order valence-corrected chi connectivity index (χ0v) is 9.71. The molecule has 0 amide bonds. The molecule has 90 valence electrons. The number of hydrogen-bond acceptors (Lipinski definition) is 4. The van der Waals surface area contributed by atoms with Crippen molar-refractivity contribution in [2.45, 2.75) is 0 Å². The molecule has 1 aromatic heterocycles. The number of nitrogens with one attached hydrogen (secondary N) is 1. The summed E-state index contributed by atoms with van der Waals surface area (Å²) in [6.07, 6.45) is 1.81. The first-order valence-corrected chi connectivity index (χ1v) is 5.80. The fraction of sp³-hybridized carbons (Fsp3) is 0.308. The molecule has 0 unspecified atom stereocenters. The van der Waals surface area contributed by atoms with Crippen molar-refractivity contribution in [1.82, 2.24) is 15.4 Å². The summed E-state index contributed by atoms with van der Waals surface area (Å²) < 4.78 is 0. The fourth-order valence-electron chi connectivity index (χ4n) is 1.67. The average Bonchev–Trinajstić information content (AvgIpc) is 2.41. The van der Waals surface area contributed by atoms with Crippen molar-refractivity contribution in [3.8, 4) is 0 Å². The minimum atomic E-state index is 0.764. The Morgan fingerprint density at radius 3 is 2.41 bits per heavy atom. The lowest BCUT2D eigenvalue weighted by Crippen LogP contribution is -2.41. The molecule has 2 heterocycles. The summed E-state index contributed by atoms with van der Waals surface area (Å²) in [5, 5.41) is 14.3. The van der Waals surface area contributed by atoms with Gasteiger partial charge >= 0.3 is 0 Å². The smallest absolute Gasteiger partial charge is 0.0701 e. The number of pyridine rings is 1. The molecule has 0 radical (unpaired) electrons. The molecular formula is C13H17N3O. The van der Waals surface area contributed by atoms with Crippen molar-refractivity contribution in [2.24, 2.45) is 0 Å². The molecule has 0 aliphatic carbocycles. The van der Waals surface area contributed by atoms with Gasteiger partial charge in [-0.2, -0.15) is 5.06 Å². The summed E-state index contributed by atoms with van der Waals surface area (Å²) in [5.74, 6) is 0. The van der Waals surface area contributed by atoms with E-state index in [2.05, 4.69) is 22.4 Å². The molecule has 4 nitrogen and oxygen atoms in total. The van der Waals surface area contributed by atoms with Crippen LogP contribution in [0.2, 0.25) is 0 Å². The number of benzene rings is 1. The molecule has 1 aromatic carbocycles. The minimum Gasteiger partial charge on any atom is -0.314 e. The van der Waals surface area contributed by atoms with Gasteiger partial charge in [-0.15, -0.1) is 0 Å². The van der Waals surface area contributed by atoms with Crippen LogP contribution in [0.3, 0.4) is 0 Å². The van der Waals surface area contributed by atoms with Crippen LogP contribution in [0.5, 0.6) is 0 Å². The highest BCUT2D eigenvalue weighted by molar-refractivity contribution is 5.77. The summed E-state index contributed by atoms with van der Waals surface area (Å²) in [6, 6.07) is 12.1. The van der Waals surface area contributed by atoms with Gasteiger partial charge in [0.15, 0.2) is 0 Å². The Bertz CT molecular complexity index is 390. The van der Waals surface area contributed by atoms with Gasteiger partial charge in [0.2, 0.25) is 0 Å². The van der Waals surface area contributed by atoms with E-state index in [0.29, 0.717) is 0 Å². The van der Waals surface area contributed by atoms with Gasteiger partial charge in [-0.1, -0.05) is 24.3 Å². The van der Waals surface area contributed by atoms with Gasteiger partial charge in [-0.25, -0.2) is 0 Å². The van der Waals surface area contributed by atoms with Crippen molar-refractivity contribution in [1.29, 1.82) is 0 Å². The number of rotatable bonds is 0. The van der Waals surface area contributed by atoms with Crippen LogP contribution in [0.25, 0.3) is 10.9 Å². The molecule has 0 bridgehead atoms. The van der Waals surface area contributed by atoms with Gasteiger partial charge in [-0.05, 0) is 12.1 Å². The van der Waals surface area contributed by atoms with Gasteiger partial charge in [0.1, 0.15) is 0 Å². The molecule has 2 N–H and O–H groups in total. The van der Waals surface area contributed by atoms with Crippen LogP contribution in [0, 0.1) is 0 Å². The first kappa shape index (κ1) is 12.0. The maximum Gasteiger partial charge on any atom is 0.0701 e. The lowest BCUT2D eigenvalue weighted by Gasteiger charge is -2.19. The maximum atomic E-state index is 8.70. The summed E-state index contributed by atoms with van der Waals surface area (Å²) in [7, 11) is 0. The Morgan fingerprint density at radius 1 is 1.06 bits per heavy atom. The third-order valence-electron chi connectivity index (χ3n) is 2.61. The predicted octanol–water partition coefficient (Wildman–Crippen LogP) is 1.52. The van der Waals surface area contributed by atoms with Gasteiger partial charge in [0, 0.05) is 37.8 Å². The number of aromatic nitrogens is 1. The summed E-state index contributed by atoms with van der Waals surface area (Å²) >= 11 is 0. The predicted molar refractivity (Wildman–Crippen MR) is 68.0 cm³/mol. The molecule has 1 saturated heterocycles. The van der Waals surface area contributed by atoms with E-state index in [4.69, 9.17) is 5.21 Å². The molecule has 2 aromatic rings. The van der Waals surface area contributed by atoms with Crippen LogP contribution < -0.4 is 5.32 Å². The zero-order chi connectivity index (χ0) is 11.9. The Labute approximate surface area is 101 Å². The second kappa shape index (κ2) is 6.30. The summed E-state index contributed by atoms with van der Waals surface area (Å²) in [4.78, 5) is 4.18. The first-order chi connectivity index (χ1) is 8.36. The van der Waals surface area contributed by atoms with Gasteiger partial charge in [-0.3, -0.25) is 4.98 Å². The lowest BCUT2D eigenvalue weighted by atomic mass is 10.2. The fourth-order valence-corrected chi connectivity index (χ4v) is 1.67. The Hall–Kier alpha value is -1.49. The summed E-state index contributed by atoms with van der Waals surface area (Å²) in [5.41, 5.74) is 1.06. The standard InChI is InChI=1S/C9H7N.C4H10N2O/c1-2-6-9-8(4-1)5-3-7-10-9;7-6-3-1-5-2-4-6/h1-7H;5,7H,1-4H2. The Morgan fingerprint density at radius 2 is 1.76 bits per heavy atom. The van der Waals surface area contributed by atoms with Crippen LogP contribution in [0.1, 0.15) is 0 Å². The normalized spacial score (nSPS) is 16.3. The third-order valence-corrected chi connectivity index (χ3v) is 2.61. The van der Waals surface area contributed by atoms with Crippen molar-refractivity contribution in [2.75, 3.05) is 26.2 Å². The Kier molecular flexibility index (Phi) is 4.44. The molecule has 1 fully saturated rings. The number of nitrogens with zero attached hydrogens (tertiary/aromatic N) is 2. The maximum absolute atomic E-state index is 8.70. The molecular weight excluding hydrogens is 214 g/mol. The molecule has 0 spiro atoms. The van der Waals surface area contributed by atoms with E-state index < -0.39 is 0 Å². The van der Waals surface area contributed by atoms with Gasteiger partial charge < -0.3 is 10.5 Å². The third kappa shape index (κ3) is 3.78. The van der Waals surface area contributed by atoms with Crippen molar-refractivity contribution in [3.05, 3.63) is 42.6 Å². The van der Waals surface area contributed by atoms with Gasteiger partial charge in [0.25, 0.3) is 0 Å². The van der Waals surface area contributed by atoms with Crippen LogP contribution in [0.15, 0.2) is 42.6 Å². The topological polar surface area (TPSA) is 48.4 Å². The molecule has 0 saturated carbocycles. The number of piperazine rings is 1. The van der Waals surface area contributed by atoms with Crippen molar-refractivity contribution in [3.63, 3.8) is 0 Å². The Balaban J connectivity index is 0.000000136. The van der Waals surface area contributed by atoms with Crippen LogP contribution in [-0.4, -0.2) is 41.4 Å². The minimum absolute atomic E-state index is 0.764. The molecule has 4 heteroatoms. The quantitative estimate of drug-likeness (QED) is 0.721. The molecule has 1 aliphatic heterocycles. The molecule has 0 atom stereocenters. The highest BCUT2D eigenvalue weighted by atomic mass is 16.5. The monoisotopic (exact) mass is 231 g/mol. The first-order valence-electron chi connectivity index (χ1n) is 5.80. The van der Waals surface area contributed by atoms with E-state index in [-0.39, 0.29) is 0 Å². The highest BCUT2D eigenvalue weighted by Crippen LogP contribution is 2.07. The van der Waals surface area contributed by atoms with E-state index in [1.54, 1.807) is 0 Å². The van der Waals surface area contributed by atoms with Crippen LogP contribution in [0.4, 0.5) is 0 Å². The largest absolute Gasteiger partial charge is 0.314 e. The lowest BCUT2D eigenvalue weighted by molar-refractivity contribution is -0.0976. The van der Waals surface area contributed by atoms with Crippen LogP contribution in [-0.2, 0) is 0 Å². The number of fused-ring (bicyclic) bond motifs is 1. The number of hydrogen-bond donors (Lipinski definition) is 2. The summed E-state index contributed by atoms with van der Waals surface area (Å²) in [6.45, 7) is 3.35. The second-order valence-corrected chi connectivity index (χ2v) is 3.90. The SMILES string of the molecule is ON1CCNCC1.c1ccc2ncccc2c1. The average molecular weight is 231 g/mol. The van der Waals surface area contributed by atoms with E-state index in [9.17, 15) is 0 Å². The van der Waals surface area contributed by atoms with Crippen molar-refractivity contribution >= 4 is 10.9 Å². The second-order valence-electron chi connectivity index (χ2n) is 3.90. The number of para-hydroxylation sites is 1. The van der Waals surface area contributed by atoms with E-state index >= 15 is 0 Å². The zero-order valence-electron chi connectivity index (χ0n) is 9.71. The number of hydroxylamine groups is 2. The van der Waals surface area contributed by atoms with Crippen LogP contribution >= 0.6 is 0 Å². The molecule has 17 heavy (non-hydrogen) atoms.